The number of hydrogen-bond acceptors (Lipinski definition) is 2. The Morgan fingerprint density at radius 3 is 2.53 bits per heavy atom. The molecule has 0 aliphatic rings. The van der Waals surface area contributed by atoms with Crippen molar-refractivity contribution in [1.29, 1.82) is 0 Å². The molecular weight excluding hydrogens is 208 g/mol. The zero-order valence-corrected chi connectivity index (χ0v) is 9.15. The Labute approximate surface area is 94.0 Å². The van der Waals surface area contributed by atoms with Crippen molar-refractivity contribution in [3.8, 4) is 0 Å². The molecule has 1 aromatic carbocycles. The molecule has 15 heavy (non-hydrogen) atoms. The highest BCUT2D eigenvalue weighted by atomic mass is 35.5. The van der Waals surface area contributed by atoms with Crippen LogP contribution in [0.1, 0.15) is 24.2 Å². The summed E-state index contributed by atoms with van der Waals surface area (Å²) in [6.45, 7) is 2.07. The van der Waals surface area contributed by atoms with Crippen molar-refractivity contribution in [1.82, 2.24) is 9.97 Å². The first-order valence-corrected chi connectivity index (χ1v) is 5.18. The predicted octanol–water partition coefficient (Wildman–Crippen LogP) is 3.28. The van der Waals surface area contributed by atoms with E-state index in [0.717, 1.165) is 5.82 Å². The van der Waals surface area contributed by atoms with Crippen LogP contribution in [0.4, 0.5) is 0 Å². The molecule has 0 spiro atoms. The molecule has 76 valence electrons. The molecule has 0 saturated carbocycles. The summed E-state index contributed by atoms with van der Waals surface area (Å²) in [6, 6.07) is 11.8. The average Bonchev–Trinajstić information content (AvgIpc) is 2.29. The Hall–Kier alpha value is -1.41. The summed E-state index contributed by atoms with van der Waals surface area (Å²) in [5, 5.41) is 0.489. The van der Waals surface area contributed by atoms with Crippen LogP contribution >= 0.6 is 11.6 Å². The molecule has 0 saturated heterocycles. The van der Waals surface area contributed by atoms with Crippen LogP contribution in [0, 0.1) is 0 Å². The summed E-state index contributed by atoms with van der Waals surface area (Å²) in [5.74, 6) is 0.929. The summed E-state index contributed by atoms with van der Waals surface area (Å²) in [6.07, 6.45) is 1.68. The van der Waals surface area contributed by atoms with Crippen molar-refractivity contribution in [2.45, 2.75) is 12.8 Å². The fourth-order valence-electron chi connectivity index (χ4n) is 1.45. The fourth-order valence-corrected chi connectivity index (χ4v) is 1.59. The maximum absolute atomic E-state index is 5.83. The quantitative estimate of drug-likeness (QED) is 0.723. The van der Waals surface area contributed by atoms with E-state index in [4.69, 9.17) is 11.6 Å². The van der Waals surface area contributed by atoms with E-state index in [9.17, 15) is 0 Å². The van der Waals surface area contributed by atoms with Gasteiger partial charge in [-0.3, -0.25) is 0 Å². The van der Waals surface area contributed by atoms with E-state index < -0.39 is 0 Å². The normalized spacial score (nSPS) is 12.4. The van der Waals surface area contributed by atoms with E-state index in [2.05, 4.69) is 29.0 Å². The molecule has 1 unspecified atom stereocenters. The lowest BCUT2D eigenvalue weighted by Crippen LogP contribution is -2.01. The number of aromatic nitrogens is 2. The molecule has 0 amide bonds. The van der Waals surface area contributed by atoms with Gasteiger partial charge in [-0.15, -0.1) is 0 Å². The van der Waals surface area contributed by atoms with Gasteiger partial charge in [0, 0.05) is 12.1 Å². The fraction of sp³-hybridized carbons (Fsp3) is 0.167. The van der Waals surface area contributed by atoms with Gasteiger partial charge in [-0.05, 0) is 11.6 Å². The third-order valence-electron chi connectivity index (χ3n) is 2.33. The van der Waals surface area contributed by atoms with Gasteiger partial charge < -0.3 is 0 Å². The zero-order chi connectivity index (χ0) is 10.7. The Kier molecular flexibility index (Phi) is 2.97. The highest BCUT2D eigenvalue weighted by molar-refractivity contribution is 6.29. The molecule has 1 atom stereocenters. The minimum absolute atomic E-state index is 0.171. The molecule has 2 rings (SSSR count). The Bertz CT molecular complexity index is 442. The third-order valence-corrected chi connectivity index (χ3v) is 2.54. The number of nitrogens with zero attached hydrogens (tertiary/aromatic N) is 2. The second-order valence-electron chi connectivity index (χ2n) is 3.37. The molecule has 0 fully saturated rings. The van der Waals surface area contributed by atoms with Gasteiger partial charge in [0.25, 0.3) is 0 Å². The van der Waals surface area contributed by atoms with Gasteiger partial charge in [0.15, 0.2) is 0 Å². The van der Waals surface area contributed by atoms with Gasteiger partial charge in [-0.25, -0.2) is 9.97 Å². The minimum atomic E-state index is 0.171. The number of rotatable bonds is 2. The van der Waals surface area contributed by atoms with Crippen molar-refractivity contribution in [2.24, 2.45) is 0 Å². The first-order valence-electron chi connectivity index (χ1n) is 4.81. The van der Waals surface area contributed by atoms with E-state index in [1.54, 1.807) is 12.3 Å². The molecule has 0 bridgehead atoms. The van der Waals surface area contributed by atoms with Crippen LogP contribution < -0.4 is 0 Å². The number of benzene rings is 1. The minimum Gasteiger partial charge on any atom is -0.241 e. The zero-order valence-electron chi connectivity index (χ0n) is 8.39. The monoisotopic (exact) mass is 218 g/mol. The van der Waals surface area contributed by atoms with Crippen molar-refractivity contribution in [3.05, 3.63) is 59.1 Å². The first-order chi connectivity index (χ1) is 7.27. The Morgan fingerprint density at radius 2 is 1.87 bits per heavy atom. The van der Waals surface area contributed by atoms with Gasteiger partial charge in [-0.2, -0.15) is 0 Å². The van der Waals surface area contributed by atoms with Crippen molar-refractivity contribution < 1.29 is 0 Å². The molecule has 0 radical (unpaired) electrons. The number of hydrogen-bond donors (Lipinski definition) is 0. The molecule has 2 nitrogen and oxygen atoms in total. The molecule has 0 N–H and O–H groups in total. The lowest BCUT2D eigenvalue weighted by molar-refractivity contribution is 0.815. The average molecular weight is 219 g/mol. The van der Waals surface area contributed by atoms with Crippen molar-refractivity contribution >= 4 is 11.6 Å². The van der Waals surface area contributed by atoms with Gasteiger partial charge in [0.1, 0.15) is 11.0 Å². The van der Waals surface area contributed by atoms with Crippen molar-refractivity contribution in [2.75, 3.05) is 0 Å². The standard InChI is InChI=1S/C12H11ClN2/c1-9(10-5-3-2-4-6-10)12-14-8-7-11(13)15-12/h2-9H,1H3. The molecule has 1 aromatic heterocycles. The van der Waals surface area contributed by atoms with Crippen LogP contribution in [0.15, 0.2) is 42.6 Å². The van der Waals surface area contributed by atoms with E-state index in [0.29, 0.717) is 5.15 Å². The van der Waals surface area contributed by atoms with E-state index in [1.807, 2.05) is 18.2 Å². The molecule has 0 aliphatic carbocycles. The molecule has 2 aromatic rings. The highest BCUT2D eigenvalue weighted by Crippen LogP contribution is 2.21. The summed E-state index contributed by atoms with van der Waals surface area (Å²) >= 11 is 5.83. The van der Waals surface area contributed by atoms with Gasteiger partial charge >= 0.3 is 0 Å². The second kappa shape index (κ2) is 4.41. The molecular formula is C12H11ClN2. The second-order valence-corrected chi connectivity index (χ2v) is 3.76. The van der Waals surface area contributed by atoms with Crippen LogP contribution in [0.3, 0.4) is 0 Å². The van der Waals surface area contributed by atoms with Crippen LogP contribution in [0.2, 0.25) is 5.15 Å². The predicted molar refractivity (Wildman–Crippen MR) is 61.0 cm³/mol. The lowest BCUT2D eigenvalue weighted by Gasteiger charge is -2.09. The summed E-state index contributed by atoms with van der Waals surface area (Å²) in [7, 11) is 0. The van der Waals surface area contributed by atoms with E-state index in [-0.39, 0.29) is 5.92 Å². The largest absolute Gasteiger partial charge is 0.241 e. The Morgan fingerprint density at radius 1 is 1.13 bits per heavy atom. The van der Waals surface area contributed by atoms with E-state index in [1.165, 1.54) is 5.56 Å². The summed E-state index contributed by atoms with van der Waals surface area (Å²) in [5.41, 5.74) is 1.19. The van der Waals surface area contributed by atoms with Gasteiger partial charge in [0.05, 0.1) is 0 Å². The molecule has 0 aliphatic heterocycles. The highest BCUT2D eigenvalue weighted by Gasteiger charge is 2.10. The van der Waals surface area contributed by atoms with Gasteiger partial charge in [-0.1, -0.05) is 48.9 Å². The SMILES string of the molecule is CC(c1ccccc1)c1nccc(Cl)n1. The maximum Gasteiger partial charge on any atom is 0.137 e. The first kappa shape index (κ1) is 10.1. The molecule has 1 heterocycles. The third kappa shape index (κ3) is 2.34. The summed E-state index contributed by atoms with van der Waals surface area (Å²) < 4.78 is 0. The van der Waals surface area contributed by atoms with Crippen molar-refractivity contribution in [3.63, 3.8) is 0 Å². The molecule has 3 heteroatoms. The topological polar surface area (TPSA) is 25.8 Å². The number of halogens is 1. The van der Waals surface area contributed by atoms with Crippen LogP contribution in [0.5, 0.6) is 0 Å². The van der Waals surface area contributed by atoms with Crippen LogP contribution in [0.25, 0.3) is 0 Å². The van der Waals surface area contributed by atoms with E-state index >= 15 is 0 Å². The lowest BCUT2D eigenvalue weighted by atomic mass is 10.0. The van der Waals surface area contributed by atoms with Gasteiger partial charge in [0.2, 0.25) is 0 Å². The summed E-state index contributed by atoms with van der Waals surface area (Å²) in [4.78, 5) is 8.42. The maximum atomic E-state index is 5.83. The van der Waals surface area contributed by atoms with Crippen LogP contribution in [-0.4, -0.2) is 9.97 Å². The smallest absolute Gasteiger partial charge is 0.137 e. The Balaban J connectivity index is 2.32. The van der Waals surface area contributed by atoms with Crippen LogP contribution in [-0.2, 0) is 0 Å².